The standard InChI is InChI=1S/3C15H29.Al/c3*1-2-12-15-13-10-8-6-4-3-5-7-9-11-14-15;/h3*15H,1-14H2;. The van der Waals surface area contributed by atoms with Crippen LogP contribution in [0.15, 0.2) is 0 Å². The van der Waals surface area contributed by atoms with Gasteiger partial charge < -0.3 is 0 Å². The Morgan fingerprint density at radius 2 is 0.413 bits per heavy atom. The van der Waals surface area contributed by atoms with Gasteiger partial charge in [-0.25, -0.2) is 0 Å². The Balaban J connectivity index is 1.46. The number of hydrogen-bond donors (Lipinski definition) is 0. The predicted molar refractivity (Wildman–Crippen MR) is 211 cm³/mol. The van der Waals surface area contributed by atoms with E-state index in [1.807, 2.05) is 0 Å². The molecule has 3 fully saturated rings. The highest BCUT2D eigenvalue weighted by Crippen LogP contribution is 2.31. The van der Waals surface area contributed by atoms with Crippen LogP contribution in [0, 0.1) is 17.8 Å². The van der Waals surface area contributed by atoms with Gasteiger partial charge in [0, 0.05) is 0 Å². The molecule has 3 aliphatic carbocycles. The predicted octanol–water partition coefficient (Wildman–Crippen LogP) is 16.6. The molecule has 1 heteroatoms. The van der Waals surface area contributed by atoms with E-state index in [0.717, 1.165) is 17.8 Å². The third kappa shape index (κ3) is 23.0. The van der Waals surface area contributed by atoms with Gasteiger partial charge in [-0.05, 0) is 17.8 Å². The fraction of sp³-hybridized carbons (Fsp3) is 1.00. The highest BCUT2D eigenvalue weighted by Gasteiger charge is 2.20. The SMILES string of the molecule is C1CCCCCC(CC[CH2][Al]([CH2]CCC2CCCCCCCCCCC2)[CH2]CCC2CCCCCCCCCCC2)CCCCC1. The van der Waals surface area contributed by atoms with Crippen molar-refractivity contribution in [1.29, 1.82) is 0 Å². The first-order valence-electron chi connectivity index (χ1n) is 22.9. The fourth-order valence-electron chi connectivity index (χ4n) is 10.1. The van der Waals surface area contributed by atoms with Crippen molar-refractivity contribution < 1.29 is 0 Å². The summed E-state index contributed by atoms with van der Waals surface area (Å²) in [6, 6.07) is 0. The second-order valence-electron chi connectivity index (χ2n) is 17.5. The molecule has 3 rings (SSSR count). The van der Waals surface area contributed by atoms with Crippen LogP contribution in [-0.2, 0) is 0 Å². The Labute approximate surface area is 297 Å². The lowest BCUT2D eigenvalue weighted by Crippen LogP contribution is -2.15. The van der Waals surface area contributed by atoms with Crippen LogP contribution in [-0.4, -0.2) is 14.1 Å². The number of rotatable bonds is 12. The molecule has 0 unspecified atom stereocenters. The van der Waals surface area contributed by atoms with Crippen LogP contribution in [0.4, 0.5) is 0 Å². The zero-order valence-electron chi connectivity index (χ0n) is 32.0. The molecular weight excluding hydrogens is 567 g/mol. The average Bonchev–Trinajstić information content (AvgIpc) is 3.04. The minimum Gasteiger partial charge on any atom is -0.0938 e. The largest absolute Gasteiger partial charge is 0.261 e. The molecule has 0 heterocycles. The van der Waals surface area contributed by atoms with Gasteiger partial charge in [0.1, 0.15) is 0 Å². The summed E-state index contributed by atoms with van der Waals surface area (Å²) in [5.74, 6) is 3.21. The zero-order valence-corrected chi connectivity index (χ0v) is 33.2. The summed E-state index contributed by atoms with van der Waals surface area (Å²) in [6.45, 7) is 0. The molecule has 0 nitrogen and oxygen atoms in total. The highest BCUT2D eigenvalue weighted by molar-refractivity contribution is 6.58. The molecule has 0 atom stereocenters. The van der Waals surface area contributed by atoms with Crippen LogP contribution >= 0.6 is 0 Å². The van der Waals surface area contributed by atoms with Crippen LogP contribution in [0.25, 0.3) is 0 Å². The summed E-state index contributed by atoms with van der Waals surface area (Å²) in [5, 5.41) is 5.10. The van der Waals surface area contributed by atoms with E-state index in [2.05, 4.69) is 0 Å². The first kappa shape index (κ1) is 41.0. The Hall–Kier alpha value is 0.532. The van der Waals surface area contributed by atoms with Crippen LogP contribution in [0.5, 0.6) is 0 Å². The normalized spacial score (nSPS) is 23.5. The quantitative estimate of drug-likeness (QED) is 0.184. The maximum Gasteiger partial charge on any atom is 0.261 e. The maximum atomic E-state index is 1.70. The van der Waals surface area contributed by atoms with Gasteiger partial charge in [-0.2, -0.15) is 0 Å². The summed E-state index contributed by atoms with van der Waals surface area (Å²) < 4.78 is 0. The fourth-order valence-corrected chi connectivity index (χ4v) is 13.4. The Morgan fingerprint density at radius 3 is 0.609 bits per heavy atom. The van der Waals surface area contributed by atoms with Crippen molar-refractivity contribution in [3.05, 3.63) is 0 Å². The van der Waals surface area contributed by atoms with Crippen LogP contribution in [0.1, 0.15) is 250 Å². The second kappa shape index (κ2) is 30.4. The van der Waals surface area contributed by atoms with Crippen LogP contribution in [0.3, 0.4) is 0 Å². The van der Waals surface area contributed by atoms with Gasteiger partial charge in [0.2, 0.25) is 0 Å². The lowest BCUT2D eigenvalue weighted by Gasteiger charge is -2.21. The second-order valence-corrected chi connectivity index (χ2v) is 21.0. The molecule has 46 heavy (non-hydrogen) atoms. The van der Waals surface area contributed by atoms with E-state index >= 15 is 0 Å². The van der Waals surface area contributed by atoms with E-state index in [4.69, 9.17) is 0 Å². The zero-order chi connectivity index (χ0) is 32.0. The van der Waals surface area contributed by atoms with Gasteiger partial charge in [0.05, 0.1) is 0 Å². The van der Waals surface area contributed by atoms with Gasteiger partial charge in [-0.1, -0.05) is 266 Å². The first-order valence-corrected chi connectivity index (χ1v) is 25.3. The summed E-state index contributed by atoms with van der Waals surface area (Å²) in [6.07, 6.45) is 60.1. The van der Waals surface area contributed by atoms with Crippen LogP contribution < -0.4 is 0 Å². The van der Waals surface area contributed by atoms with Crippen LogP contribution in [0.2, 0.25) is 15.8 Å². The lowest BCUT2D eigenvalue weighted by atomic mass is 9.90. The van der Waals surface area contributed by atoms with E-state index in [1.165, 1.54) is 173 Å². The van der Waals surface area contributed by atoms with Gasteiger partial charge >= 0.3 is 0 Å². The van der Waals surface area contributed by atoms with E-state index in [9.17, 15) is 0 Å². The summed E-state index contributed by atoms with van der Waals surface area (Å²) >= 11 is -0.598. The first-order chi connectivity index (χ1) is 22.9. The molecule has 0 aromatic carbocycles. The molecule has 0 radical (unpaired) electrons. The molecule has 0 spiro atoms. The molecule has 0 amide bonds. The molecular formula is C45H87Al. The molecule has 3 saturated carbocycles. The van der Waals surface area contributed by atoms with Gasteiger partial charge in [-0.15, -0.1) is 0 Å². The molecule has 0 saturated heterocycles. The molecule has 270 valence electrons. The lowest BCUT2D eigenvalue weighted by molar-refractivity contribution is 0.367. The topological polar surface area (TPSA) is 0 Å². The molecule has 0 aromatic rings. The third-order valence-electron chi connectivity index (χ3n) is 13.3. The summed E-state index contributed by atoms with van der Waals surface area (Å²) in [4.78, 5) is 0. The van der Waals surface area contributed by atoms with Gasteiger partial charge in [0.15, 0.2) is 0 Å². The van der Waals surface area contributed by atoms with Gasteiger partial charge in [-0.3, -0.25) is 0 Å². The van der Waals surface area contributed by atoms with Crippen molar-refractivity contribution in [2.75, 3.05) is 0 Å². The Bertz CT molecular complexity index is 507. The van der Waals surface area contributed by atoms with Crippen molar-refractivity contribution >= 4 is 14.1 Å². The van der Waals surface area contributed by atoms with E-state index in [-0.39, 0.29) is 0 Å². The summed E-state index contributed by atoms with van der Waals surface area (Å²) in [7, 11) is 0. The van der Waals surface area contributed by atoms with Crippen molar-refractivity contribution in [3.63, 3.8) is 0 Å². The molecule has 3 aliphatic rings. The van der Waals surface area contributed by atoms with E-state index < -0.39 is 14.1 Å². The molecule has 0 aliphatic heterocycles. The number of hydrogen-bond acceptors (Lipinski definition) is 0. The average molecular weight is 655 g/mol. The summed E-state index contributed by atoms with van der Waals surface area (Å²) in [5.41, 5.74) is 0. The smallest absolute Gasteiger partial charge is 0.0938 e. The minimum atomic E-state index is -0.598. The highest BCUT2D eigenvalue weighted by atomic mass is 27.2. The molecule has 0 aromatic heterocycles. The van der Waals surface area contributed by atoms with Crippen molar-refractivity contribution in [2.45, 2.75) is 266 Å². The van der Waals surface area contributed by atoms with Crippen molar-refractivity contribution in [1.82, 2.24) is 0 Å². The minimum absolute atomic E-state index is 0.598. The molecule has 0 N–H and O–H groups in total. The van der Waals surface area contributed by atoms with Crippen molar-refractivity contribution in [2.24, 2.45) is 17.8 Å². The Kier molecular flexibility index (Phi) is 27.0. The monoisotopic (exact) mass is 655 g/mol. The maximum absolute atomic E-state index is 1.70. The van der Waals surface area contributed by atoms with Gasteiger partial charge in [0.25, 0.3) is 14.1 Å². The molecule has 0 bridgehead atoms. The van der Waals surface area contributed by atoms with E-state index in [1.54, 1.807) is 92.9 Å². The third-order valence-corrected chi connectivity index (χ3v) is 17.0. The Morgan fingerprint density at radius 1 is 0.239 bits per heavy atom. The van der Waals surface area contributed by atoms with E-state index in [0.29, 0.717) is 0 Å². The van der Waals surface area contributed by atoms with Crippen molar-refractivity contribution in [3.8, 4) is 0 Å².